The van der Waals surface area contributed by atoms with Crippen LogP contribution in [0.4, 0.5) is 5.69 Å². The molecule has 0 bridgehead atoms. The lowest BCUT2D eigenvalue weighted by Gasteiger charge is -2.30. The summed E-state index contributed by atoms with van der Waals surface area (Å²) in [5, 5.41) is 11.1. The fourth-order valence-corrected chi connectivity index (χ4v) is 3.94. The Kier molecular flexibility index (Phi) is 5.49. The van der Waals surface area contributed by atoms with Crippen molar-refractivity contribution in [2.75, 3.05) is 5.73 Å². The van der Waals surface area contributed by atoms with Crippen molar-refractivity contribution in [3.8, 4) is 5.75 Å². The molecule has 3 aromatic rings. The minimum Gasteiger partial charge on any atom is -0.507 e. The van der Waals surface area contributed by atoms with Gasteiger partial charge in [0.1, 0.15) is 5.75 Å². The van der Waals surface area contributed by atoms with Crippen molar-refractivity contribution in [1.82, 2.24) is 0 Å². The summed E-state index contributed by atoms with van der Waals surface area (Å²) in [5.41, 5.74) is 12.2. The van der Waals surface area contributed by atoms with Gasteiger partial charge in [-0.05, 0) is 44.7 Å². The second kappa shape index (κ2) is 7.59. The topological polar surface area (TPSA) is 46.2 Å². The molecule has 3 rings (SSSR count). The van der Waals surface area contributed by atoms with Crippen LogP contribution in [-0.2, 0) is 10.8 Å². The SMILES string of the molecule is CC(C)(C)c1cc(C(c2ccccc2)c2ccccc2N)cc(C(C)(C)C)c1O. The van der Waals surface area contributed by atoms with Gasteiger partial charge in [0, 0.05) is 11.6 Å². The van der Waals surface area contributed by atoms with Crippen LogP contribution in [0.3, 0.4) is 0 Å². The van der Waals surface area contributed by atoms with Crippen molar-refractivity contribution in [1.29, 1.82) is 0 Å². The Labute approximate surface area is 175 Å². The van der Waals surface area contributed by atoms with Crippen molar-refractivity contribution in [3.05, 3.63) is 94.5 Å². The van der Waals surface area contributed by atoms with Crippen molar-refractivity contribution in [2.45, 2.75) is 58.3 Å². The van der Waals surface area contributed by atoms with Crippen LogP contribution in [0.5, 0.6) is 5.75 Å². The molecule has 29 heavy (non-hydrogen) atoms. The van der Waals surface area contributed by atoms with Crippen LogP contribution >= 0.6 is 0 Å². The van der Waals surface area contributed by atoms with E-state index < -0.39 is 0 Å². The summed E-state index contributed by atoms with van der Waals surface area (Å²) in [4.78, 5) is 0. The molecule has 0 spiro atoms. The van der Waals surface area contributed by atoms with Gasteiger partial charge >= 0.3 is 0 Å². The molecule has 152 valence electrons. The van der Waals surface area contributed by atoms with Crippen molar-refractivity contribution in [2.24, 2.45) is 0 Å². The zero-order valence-electron chi connectivity index (χ0n) is 18.5. The molecule has 1 unspecified atom stereocenters. The molecule has 1 atom stereocenters. The summed E-state index contributed by atoms with van der Waals surface area (Å²) in [5.74, 6) is 0.404. The minimum atomic E-state index is -0.177. The van der Waals surface area contributed by atoms with Gasteiger partial charge in [0.2, 0.25) is 0 Å². The average molecular weight is 388 g/mol. The van der Waals surface area contributed by atoms with Gasteiger partial charge in [0.25, 0.3) is 0 Å². The van der Waals surface area contributed by atoms with E-state index in [1.807, 2.05) is 24.3 Å². The van der Waals surface area contributed by atoms with Crippen molar-refractivity contribution in [3.63, 3.8) is 0 Å². The van der Waals surface area contributed by atoms with E-state index in [0.29, 0.717) is 5.75 Å². The lowest BCUT2D eigenvalue weighted by molar-refractivity contribution is 0.422. The summed E-state index contributed by atoms with van der Waals surface area (Å²) in [7, 11) is 0. The predicted octanol–water partition coefficient (Wildman–Crippen LogP) is 6.75. The number of para-hydroxylation sites is 1. The largest absolute Gasteiger partial charge is 0.507 e. The Morgan fingerprint density at radius 2 is 1.17 bits per heavy atom. The van der Waals surface area contributed by atoms with Crippen LogP contribution in [0.25, 0.3) is 0 Å². The normalized spacial score (nSPS) is 13.3. The molecule has 0 heterocycles. The molecule has 3 aromatic carbocycles. The van der Waals surface area contributed by atoms with Crippen LogP contribution in [0.15, 0.2) is 66.7 Å². The van der Waals surface area contributed by atoms with Crippen LogP contribution in [0.2, 0.25) is 0 Å². The number of anilines is 1. The Morgan fingerprint density at radius 3 is 1.66 bits per heavy atom. The predicted molar refractivity (Wildman–Crippen MR) is 124 cm³/mol. The molecule has 3 N–H and O–H groups in total. The van der Waals surface area contributed by atoms with E-state index in [2.05, 4.69) is 84.0 Å². The lowest BCUT2D eigenvalue weighted by Crippen LogP contribution is -2.19. The van der Waals surface area contributed by atoms with E-state index in [4.69, 9.17) is 5.73 Å². The van der Waals surface area contributed by atoms with Crippen LogP contribution in [0, 0.1) is 0 Å². The summed E-state index contributed by atoms with van der Waals surface area (Å²) < 4.78 is 0. The zero-order valence-corrected chi connectivity index (χ0v) is 18.5. The van der Waals surface area contributed by atoms with Gasteiger partial charge in [-0.1, -0.05) is 102 Å². The van der Waals surface area contributed by atoms with Crippen LogP contribution < -0.4 is 5.73 Å². The Hall–Kier alpha value is -2.74. The van der Waals surface area contributed by atoms with E-state index in [0.717, 1.165) is 27.9 Å². The maximum atomic E-state index is 11.1. The van der Waals surface area contributed by atoms with Gasteiger partial charge in [-0.2, -0.15) is 0 Å². The number of benzene rings is 3. The number of rotatable bonds is 3. The summed E-state index contributed by atoms with van der Waals surface area (Å²) in [6.45, 7) is 12.9. The number of hydrogen-bond donors (Lipinski definition) is 2. The molecule has 0 radical (unpaired) electrons. The highest BCUT2D eigenvalue weighted by Crippen LogP contribution is 2.44. The summed E-state index contributed by atoms with van der Waals surface area (Å²) >= 11 is 0. The highest BCUT2D eigenvalue weighted by Gasteiger charge is 2.29. The molecular formula is C27H33NO. The molecule has 0 aliphatic carbocycles. The second-order valence-electron chi connectivity index (χ2n) is 9.94. The van der Waals surface area contributed by atoms with E-state index in [1.54, 1.807) is 0 Å². The first kappa shape index (κ1) is 21.0. The molecule has 0 amide bonds. The van der Waals surface area contributed by atoms with E-state index in [9.17, 15) is 5.11 Å². The first-order valence-electron chi connectivity index (χ1n) is 10.3. The number of phenols is 1. The molecule has 2 nitrogen and oxygen atoms in total. The zero-order chi connectivity index (χ0) is 21.4. The third kappa shape index (κ3) is 4.32. The Bertz CT molecular complexity index is 956. The summed E-state index contributed by atoms with van der Waals surface area (Å²) in [6, 6.07) is 22.9. The van der Waals surface area contributed by atoms with E-state index in [-0.39, 0.29) is 16.7 Å². The molecule has 0 aliphatic rings. The van der Waals surface area contributed by atoms with Gasteiger partial charge in [-0.15, -0.1) is 0 Å². The maximum absolute atomic E-state index is 11.1. The summed E-state index contributed by atoms with van der Waals surface area (Å²) in [6.07, 6.45) is 0. The monoisotopic (exact) mass is 387 g/mol. The number of aromatic hydroxyl groups is 1. The Balaban J connectivity index is 2.36. The van der Waals surface area contributed by atoms with Gasteiger partial charge < -0.3 is 10.8 Å². The highest BCUT2D eigenvalue weighted by atomic mass is 16.3. The molecule has 0 saturated carbocycles. The Morgan fingerprint density at radius 1 is 0.690 bits per heavy atom. The smallest absolute Gasteiger partial charge is 0.123 e. The van der Waals surface area contributed by atoms with Gasteiger partial charge in [0.05, 0.1) is 0 Å². The van der Waals surface area contributed by atoms with Gasteiger partial charge in [0.15, 0.2) is 0 Å². The third-order valence-electron chi connectivity index (χ3n) is 5.52. The van der Waals surface area contributed by atoms with E-state index >= 15 is 0 Å². The number of phenolic OH excluding ortho intramolecular Hbond substituents is 1. The minimum absolute atomic E-state index is 0.000185. The fraction of sp³-hybridized carbons (Fsp3) is 0.333. The van der Waals surface area contributed by atoms with Crippen LogP contribution in [-0.4, -0.2) is 5.11 Å². The number of nitrogens with two attached hydrogens (primary N) is 1. The van der Waals surface area contributed by atoms with Gasteiger partial charge in [-0.25, -0.2) is 0 Å². The number of hydrogen-bond acceptors (Lipinski definition) is 2. The fourth-order valence-electron chi connectivity index (χ4n) is 3.94. The molecule has 0 aromatic heterocycles. The molecular weight excluding hydrogens is 354 g/mol. The second-order valence-corrected chi connectivity index (χ2v) is 9.94. The molecule has 0 saturated heterocycles. The maximum Gasteiger partial charge on any atom is 0.123 e. The van der Waals surface area contributed by atoms with E-state index in [1.165, 1.54) is 5.56 Å². The molecule has 2 heteroatoms. The first-order chi connectivity index (χ1) is 13.5. The lowest BCUT2D eigenvalue weighted by atomic mass is 9.75. The standard InChI is InChI=1S/C27H33NO/c1-26(2,3)21-16-19(17-22(25(21)29)27(4,5)6)24(18-12-8-7-9-13-18)20-14-10-11-15-23(20)28/h7-17,24,29H,28H2,1-6H3. The average Bonchev–Trinajstić information content (AvgIpc) is 2.63. The molecule has 0 fully saturated rings. The van der Waals surface area contributed by atoms with Crippen molar-refractivity contribution < 1.29 is 5.11 Å². The third-order valence-corrected chi connectivity index (χ3v) is 5.52. The first-order valence-corrected chi connectivity index (χ1v) is 10.3. The molecule has 0 aliphatic heterocycles. The van der Waals surface area contributed by atoms with Crippen LogP contribution in [0.1, 0.15) is 75.3 Å². The van der Waals surface area contributed by atoms with Crippen molar-refractivity contribution >= 4 is 5.69 Å². The highest BCUT2D eigenvalue weighted by molar-refractivity contribution is 5.59. The van der Waals surface area contributed by atoms with Gasteiger partial charge in [-0.3, -0.25) is 0 Å². The quantitative estimate of drug-likeness (QED) is 0.386. The number of nitrogen functional groups attached to an aromatic ring is 1.